The van der Waals surface area contributed by atoms with Crippen LogP contribution in [0.5, 0.6) is 0 Å². The Morgan fingerprint density at radius 2 is 1.59 bits per heavy atom. The quantitative estimate of drug-likeness (QED) is 0.229. The lowest BCUT2D eigenvalue weighted by atomic mass is 9.83. The molecular formula is C35H48N2. The fourth-order valence-electron chi connectivity index (χ4n) is 5.18. The van der Waals surface area contributed by atoms with E-state index in [-0.39, 0.29) is 11.5 Å². The molecule has 0 aliphatic rings. The average Bonchev–Trinajstić information content (AvgIpc) is 3.10. The van der Waals surface area contributed by atoms with Gasteiger partial charge >= 0.3 is 0 Å². The number of hydrogen-bond acceptors (Lipinski definition) is 1. The van der Waals surface area contributed by atoms with Gasteiger partial charge in [-0.3, -0.25) is 9.56 Å². The van der Waals surface area contributed by atoms with Crippen LogP contribution in [-0.4, -0.2) is 16.4 Å². The van der Waals surface area contributed by atoms with Crippen LogP contribution in [0.15, 0.2) is 59.1 Å². The number of allylic oxidation sites excluding steroid dienone is 3. The highest BCUT2D eigenvalue weighted by Crippen LogP contribution is 2.40. The fourth-order valence-corrected chi connectivity index (χ4v) is 5.18. The summed E-state index contributed by atoms with van der Waals surface area (Å²) in [5.74, 6) is 1.53. The van der Waals surface area contributed by atoms with E-state index < -0.39 is 0 Å². The Hall–Kier alpha value is -2.87. The maximum absolute atomic E-state index is 5.13. The van der Waals surface area contributed by atoms with Gasteiger partial charge < -0.3 is 0 Å². The largest absolute Gasteiger partial charge is 0.298 e. The van der Waals surface area contributed by atoms with Crippen LogP contribution >= 0.6 is 0 Å². The third-order valence-electron chi connectivity index (χ3n) is 7.28. The van der Waals surface area contributed by atoms with Crippen molar-refractivity contribution in [1.29, 1.82) is 0 Å². The highest BCUT2D eigenvalue weighted by Gasteiger charge is 2.23. The molecule has 0 radical (unpaired) electrons. The lowest BCUT2D eigenvalue weighted by Gasteiger charge is -2.22. The van der Waals surface area contributed by atoms with Gasteiger partial charge in [-0.15, -0.1) is 0 Å². The maximum atomic E-state index is 5.13. The van der Waals surface area contributed by atoms with Gasteiger partial charge in [0.15, 0.2) is 0 Å². The Morgan fingerprint density at radius 3 is 2.11 bits per heavy atom. The third kappa shape index (κ3) is 6.17. The first-order valence-corrected chi connectivity index (χ1v) is 14.1. The van der Waals surface area contributed by atoms with Crippen molar-refractivity contribution >= 4 is 22.8 Å². The van der Waals surface area contributed by atoms with Crippen LogP contribution in [0.1, 0.15) is 103 Å². The molecule has 0 amide bonds. The van der Waals surface area contributed by atoms with Gasteiger partial charge in [0, 0.05) is 28.2 Å². The van der Waals surface area contributed by atoms with E-state index in [1.807, 2.05) is 0 Å². The first kappa shape index (κ1) is 28.7. The van der Waals surface area contributed by atoms with Crippen molar-refractivity contribution in [3.8, 4) is 11.1 Å². The molecule has 0 spiro atoms. The van der Waals surface area contributed by atoms with E-state index in [9.17, 15) is 0 Å². The zero-order chi connectivity index (χ0) is 27.5. The van der Waals surface area contributed by atoms with Gasteiger partial charge in [-0.25, -0.2) is 0 Å². The lowest BCUT2D eigenvalue weighted by Crippen LogP contribution is -2.14. The van der Waals surface area contributed by atoms with Crippen LogP contribution in [0, 0.1) is 19.3 Å². The average molecular weight is 497 g/mol. The van der Waals surface area contributed by atoms with E-state index in [4.69, 9.17) is 4.99 Å². The number of hydrogen-bond donors (Lipinski definition) is 0. The van der Waals surface area contributed by atoms with Crippen molar-refractivity contribution in [1.82, 2.24) is 4.57 Å². The fraction of sp³-hybridized carbons (Fsp3) is 0.457. The Balaban J connectivity index is 2.51. The third-order valence-corrected chi connectivity index (χ3v) is 7.28. The van der Waals surface area contributed by atoms with Crippen LogP contribution in [0.25, 0.3) is 28.1 Å². The molecule has 2 nitrogen and oxygen atoms in total. The highest BCUT2D eigenvalue weighted by molar-refractivity contribution is 6.10. The SMILES string of the molecule is CC/C=C\C(=N/C(C)C)n1c(C)c(/C=C(\CC)C(C)(C)C)c2ccc(C)c(-c3ccc(C(C)C)cc3)c21. The zero-order valence-electron chi connectivity index (χ0n) is 25.2. The first-order valence-electron chi connectivity index (χ1n) is 14.1. The number of aliphatic imine (C=N–C) groups is 1. The minimum Gasteiger partial charge on any atom is -0.298 e. The van der Waals surface area contributed by atoms with E-state index in [1.54, 1.807) is 0 Å². The van der Waals surface area contributed by atoms with Crippen molar-refractivity contribution in [3.05, 3.63) is 76.5 Å². The summed E-state index contributed by atoms with van der Waals surface area (Å²) in [5, 5.41) is 1.29. The van der Waals surface area contributed by atoms with Crippen molar-refractivity contribution in [2.45, 2.75) is 101 Å². The minimum absolute atomic E-state index is 0.118. The summed E-state index contributed by atoms with van der Waals surface area (Å²) < 4.78 is 2.42. The van der Waals surface area contributed by atoms with Crippen LogP contribution in [0.3, 0.4) is 0 Å². The zero-order valence-corrected chi connectivity index (χ0v) is 25.2. The molecule has 0 unspecified atom stereocenters. The molecule has 2 heteroatoms. The Morgan fingerprint density at radius 1 is 0.946 bits per heavy atom. The standard InChI is InChI=1S/C35H48N2/c1-12-14-15-32(36-24(5)6)37-26(8)31(22-29(13-2)35(9,10)11)30-21-16-25(7)33(34(30)37)28-19-17-27(18-20-28)23(3)4/h14-24H,12-13H2,1-11H3/b15-14-,29-22+,36-32+. The molecule has 0 N–H and O–H groups in total. The Labute approximate surface area is 226 Å². The van der Waals surface area contributed by atoms with E-state index in [2.05, 4.69) is 135 Å². The molecule has 3 aromatic rings. The van der Waals surface area contributed by atoms with Crippen LogP contribution in [0.2, 0.25) is 0 Å². The molecule has 0 fully saturated rings. The topological polar surface area (TPSA) is 17.3 Å². The summed E-state index contributed by atoms with van der Waals surface area (Å²) in [6.07, 6.45) is 8.90. The van der Waals surface area contributed by atoms with E-state index in [0.29, 0.717) is 5.92 Å². The van der Waals surface area contributed by atoms with E-state index in [1.165, 1.54) is 50.0 Å². The monoisotopic (exact) mass is 496 g/mol. The second kappa shape index (κ2) is 11.7. The number of rotatable bonds is 7. The molecule has 0 atom stereocenters. The molecule has 2 aromatic carbocycles. The summed E-state index contributed by atoms with van der Waals surface area (Å²) in [4.78, 5) is 5.13. The molecule has 3 rings (SSSR count). The van der Waals surface area contributed by atoms with Crippen molar-refractivity contribution in [2.24, 2.45) is 10.4 Å². The normalized spacial score (nSPS) is 13.6. The van der Waals surface area contributed by atoms with Crippen molar-refractivity contribution in [2.75, 3.05) is 0 Å². The maximum Gasteiger partial charge on any atom is 0.132 e. The molecule has 0 saturated heterocycles. The van der Waals surface area contributed by atoms with Gasteiger partial charge in [-0.05, 0) is 74.6 Å². The summed E-state index contributed by atoms with van der Waals surface area (Å²) in [6, 6.07) is 14.0. The van der Waals surface area contributed by atoms with Gasteiger partial charge in [0.05, 0.1) is 5.52 Å². The molecule has 1 aromatic heterocycles. The highest BCUT2D eigenvalue weighted by atomic mass is 15.1. The second-order valence-corrected chi connectivity index (χ2v) is 11.9. The molecule has 0 bridgehead atoms. The second-order valence-electron chi connectivity index (χ2n) is 11.9. The van der Waals surface area contributed by atoms with Gasteiger partial charge in [-0.2, -0.15) is 0 Å². The summed E-state index contributed by atoms with van der Waals surface area (Å²) >= 11 is 0. The number of aromatic nitrogens is 1. The summed E-state index contributed by atoms with van der Waals surface area (Å²) in [6.45, 7) is 24.7. The van der Waals surface area contributed by atoms with Gasteiger partial charge in [0.1, 0.15) is 5.84 Å². The molecule has 198 valence electrons. The predicted molar refractivity (Wildman–Crippen MR) is 166 cm³/mol. The van der Waals surface area contributed by atoms with Crippen LogP contribution < -0.4 is 0 Å². The smallest absolute Gasteiger partial charge is 0.132 e. The van der Waals surface area contributed by atoms with E-state index >= 15 is 0 Å². The van der Waals surface area contributed by atoms with Gasteiger partial charge in [-0.1, -0.05) is 103 Å². The predicted octanol–water partition coefficient (Wildman–Crippen LogP) is 10.5. The number of aryl methyl sites for hydroxylation is 1. The minimum atomic E-state index is 0.118. The van der Waals surface area contributed by atoms with Gasteiger partial charge in [0.25, 0.3) is 0 Å². The Bertz CT molecular complexity index is 1320. The van der Waals surface area contributed by atoms with E-state index in [0.717, 1.165) is 18.7 Å². The molecule has 0 saturated carbocycles. The summed E-state index contributed by atoms with van der Waals surface area (Å²) in [7, 11) is 0. The van der Waals surface area contributed by atoms with Crippen molar-refractivity contribution in [3.63, 3.8) is 0 Å². The lowest BCUT2D eigenvalue weighted by molar-refractivity contribution is 0.492. The molecular weight excluding hydrogens is 448 g/mol. The van der Waals surface area contributed by atoms with Crippen molar-refractivity contribution < 1.29 is 0 Å². The van der Waals surface area contributed by atoms with Gasteiger partial charge in [0.2, 0.25) is 0 Å². The summed E-state index contributed by atoms with van der Waals surface area (Å²) in [5.41, 5.74) is 10.6. The number of fused-ring (bicyclic) bond motifs is 1. The van der Waals surface area contributed by atoms with Crippen LogP contribution in [0.4, 0.5) is 0 Å². The van der Waals surface area contributed by atoms with Crippen LogP contribution in [-0.2, 0) is 0 Å². The molecule has 1 heterocycles. The first-order chi connectivity index (χ1) is 17.4. The number of benzene rings is 2. The number of nitrogens with zero attached hydrogens (tertiary/aromatic N) is 2. The molecule has 0 aliphatic carbocycles. The molecule has 0 aliphatic heterocycles. The molecule has 37 heavy (non-hydrogen) atoms. The Kier molecular flexibility index (Phi) is 9.05.